The van der Waals surface area contributed by atoms with Crippen molar-refractivity contribution in [1.82, 2.24) is 0 Å². The molecule has 1 rings (SSSR count). The Bertz CT molecular complexity index is 241. The Labute approximate surface area is 78.8 Å². The van der Waals surface area contributed by atoms with Crippen LogP contribution in [-0.2, 0) is 12.8 Å². The Morgan fingerprint density at radius 1 is 1.15 bits per heavy atom. The van der Waals surface area contributed by atoms with Gasteiger partial charge in [0.2, 0.25) is 0 Å². The largest absolute Gasteiger partial charge is 0.394 e. The van der Waals surface area contributed by atoms with Crippen LogP contribution in [0.4, 0.5) is 0 Å². The Morgan fingerprint density at radius 3 is 2.15 bits per heavy atom. The van der Waals surface area contributed by atoms with Gasteiger partial charge < -0.3 is 10.2 Å². The van der Waals surface area contributed by atoms with E-state index in [1.54, 1.807) is 0 Å². The number of benzene rings is 1. The summed E-state index contributed by atoms with van der Waals surface area (Å²) in [6.45, 7) is 1.94. The second kappa shape index (κ2) is 5.00. The molecule has 13 heavy (non-hydrogen) atoms. The molecule has 2 heteroatoms. The first kappa shape index (κ1) is 10.2. The maximum absolute atomic E-state index is 9.19. The summed E-state index contributed by atoms with van der Waals surface area (Å²) < 4.78 is 0. The number of hydrogen-bond donors (Lipinski definition) is 2. The molecule has 0 aliphatic rings. The van der Waals surface area contributed by atoms with Gasteiger partial charge in [-0.1, -0.05) is 31.2 Å². The highest BCUT2D eigenvalue weighted by atomic mass is 16.3. The fourth-order valence-electron chi connectivity index (χ4n) is 1.25. The van der Waals surface area contributed by atoms with Crippen LogP contribution in [0, 0.1) is 0 Å². The number of aliphatic hydroxyl groups is 2. The van der Waals surface area contributed by atoms with Gasteiger partial charge in [-0.2, -0.15) is 0 Å². The molecular weight excluding hydrogens is 164 g/mol. The zero-order valence-electron chi connectivity index (χ0n) is 7.90. The van der Waals surface area contributed by atoms with Gasteiger partial charge in [0.1, 0.15) is 0 Å². The zero-order valence-corrected chi connectivity index (χ0v) is 7.90. The van der Waals surface area contributed by atoms with Gasteiger partial charge in [-0.15, -0.1) is 0 Å². The van der Waals surface area contributed by atoms with E-state index in [9.17, 15) is 5.11 Å². The first-order valence-corrected chi connectivity index (χ1v) is 4.63. The van der Waals surface area contributed by atoms with Crippen molar-refractivity contribution in [1.29, 1.82) is 0 Å². The standard InChI is InChI=1S/C11H16O2/c1-2-9-3-5-10(6-4-9)7-11(13)8-12/h3-6,11-13H,2,7-8H2,1H3. The first-order chi connectivity index (χ1) is 6.26. The minimum absolute atomic E-state index is 0.171. The van der Waals surface area contributed by atoms with E-state index in [1.807, 2.05) is 12.1 Å². The summed E-state index contributed by atoms with van der Waals surface area (Å²) in [5, 5.41) is 17.8. The minimum atomic E-state index is -0.632. The molecule has 1 aromatic rings. The molecule has 72 valence electrons. The third-order valence-electron chi connectivity index (χ3n) is 2.11. The Hall–Kier alpha value is -0.860. The summed E-state index contributed by atoms with van der Waals surface area (Å²) in [6, 6.07) is 8.11. The molecule has 0 saturated carbocycles. The van der Waals surface area contributed by atoms with Crippen LogP contribution in [0.2, 0.25) is 0 Å². The molecule has 0 bridgehead atoms. The second-order valence-corrected chi connectivity index (χ2v) is 3.21. The quantitative estimate of drug-likeness (QED) is 0.729. The molecule has 1 atom stereocenters. The van der Waals surface area contributed by atoms with Crippen LogP contribution in [0.5, 0.6) is 0 Å². The molecule has 0 aromatic heterocycles. The van der Waals surface area contributed by atoms with Crippen LogP contribution in [0.1, 0.15) is 18.1 Å². The zero-order chi connectivity index (χ0) is 9.68. The molecule has 0 radical (unpaired) electrons. The maximum atomic E-state index is 9.19. The van der Waals surface area contributed by atoms with Gasteiger partial charge in [0, 0.05) is 6.42 Å². The van der Waals surface area contributed by atoms with Gasteiger partial charge in [-0.3, -0.25) is 0 Å². The molecule has 2 N–H and O–H groups in total. The number of aryl methyl sites for hydroxylation is 1. The summed E-state index contributed by atoms with van der Waals surface area (Å²) in [4.78, 5) is 0. The van der Waals surface area contributed by atoms with Crippen molar-refractivity contribution in [3.05, 3.63) is 35.4 Å². The SMILES string of the molecule is CCc1ccc(CC(O)CO)cc1. The number of aliphatic hydroxyl groups excluding tert-OH is 2. The van der Waals surface area contributed by atoms with E-state index < -0.39 is 6.10 Å². The first-order valence-electron chi connectivity index (χ1n) is 4.63. The Morgan fingerprint density at radius 2 is 1.69 bits per heavy atom. The van der Waals surface area contributed by atoms with Crippen LogP contribution in [0.15, 0.2) is 24.3 Å². The van der Waals surface area contributed by atoms with Crippen molar-refractivity contribution in [2.45, 2.75) is 25.9 Å². The predicted octanol–water partition coefficient (Wildman–Crippen LogP) is 1.14. The van der Waals surface area contributed by atoms with Crippen LogP contribution in [-0.4, -0.2) is 22.9 Å². The molecule has 0 aliphatic heterocycles. The van der Waals surface area contributed by atoms with Gasteiger partial charge >= 0.3 is 0 Å². The summed E-state index contributed by atoms with van der Waals surface area (Å²) in [6.07, 6.45) is 0.927. The molecular formula is C11H16O2. The van der Waals surface area contributed by atoms with Gasteiger partial charge in [0.15, 0.2) is 0 Å². The Balaban J connectivity index is 2.58. The van der Waals surface area contributed by atoms with Crippen LogP contribution in [0.25, 0.3) is 0 Å². The average molecular weight is 180 g/mol. The van der Waals surface area contributed by atoms with E-state index in [0.717, 1.165) is 12.0 Å². The van der Waals surface area contributed by atoms with Crippen LogP contribution < -0.4 is 0 Å². The number of hydrogen-bond acceptors (Lipinski definition) is 2. The molecule has 0 spiro atoms. The molecule has 0 aliphatic carbocycles. The van der Waals surface area contributed by atoms with Gasteiger partial charge in [-0.25, -0.2) is 0 Å². The van der Waals surface area contributed by atoms with Gasteiger partial charge in [0.05, 0.1) is 12.7 Å². The lowest BCUT2D eigenvalue weighted by molar-refractivity contribution is 0.0955. The lowest BCUT2D eigenvalue weighted by atomic mass is 10.1. The predicted molar refractivity (Wildman–Crippen MR) is 52.6 cm³/mol. The summed E-state index contributed by atoms with van der Waals surface area (Å²) >= 11 is 0. The molecule has 0 amide bonds. The molecule has 1 unspecified atom stereocenters. The highest BCUT2D eigenvalue weighted by Gasteiger charge is 2.02. The van der Waals surface area contributed by atoms with E-state index in [4.69, 9.17) is 5.11 Å². The minimum Gasteiger partial charge on any atom is -0.394 e. The second-order valence-electron chi connectivity index (χ2n) is 3.21. The summed E-state index contributed by atoms with van der Waals surface area (Å²) in [5.41, 5.74) is 2.36. The lowest BCUT2D eigenvalue weighted by Gasteiger charge is -2.07. The van der Waals surface area contributed by atoms with Crippen molar-refractivity contribution in [2.24, 2.45) is 0 Å². The normalized spacial score (nSPS) is 12.8. The van der Waals surface area contributed by atoms with Crippen molar-refractivity contribution in [2.75, 3.05) is 6.61 Å². The van der Waals surface area contributed by atoms with E-state index in [1.165, 1.54) is 5.56 Å². The fraction of sp³-hybridized carbons (Fsp3) is 0.455. The fourth-order valence-corrected chi connectivity index (χ4v) is 1.25. The topological polar surface area (TPSA) is 40.5 Å². The van der Waals surface area contributed by atoms with E-state index in [0.29, 0.717) is 6.42 Å². The smallest absolute Gasteiger partial charge is 0.0811 e. The molecule has 1 aromatic carbocycles. The van der Waals surface area contributed by atoms with E-state index in [2.05, 4.69) is 19.1 Å². The average Bonchev–Trinajstić information content (AvgIpc) is 2.19. The highest BCUT2D eigenvalue weighted by molar-refractivity contribution is 5.22. The Kier molecular flexibility index (Phi) is 3.93. The van der Waals surface area contributed by atoms with Crippen LogP contribution in [0.3, 0.4) is 0 Å². The number of rotatable bonds is 4. The third kappa shape index (κ3) is 3.17. The van der Waals surface area contributed by atoms with Crippen LogP contribution >= 0.6 is 0 Å². The van der Waals surface area contributed by atoms with E-state index in [-0.39, 0.29) is 6.61 Å². The molecule has 2 nitrogen and oxygen atoms in total. The lowest BCUT2D eigenvalue weighted by Crippen LogP contribution is -2.14. The van der Waals surface area contributed by atoms with Crippen molar-refractivity contribution in [3.8, 4) is 0 Å². The van der Waals surface area contributed by atoms with E-state index >= 15 is 0 Å². The van der Waals surface area contributed by atoms with Gasteiger partial charge in [0.25, 0.3) is 0 Å². The third-order valence-corrected chi connectivity index (χ3v) is 2.11. The van der Waals surface area contributed by atoms with Crippen molar-refractivity contribution < 1.29 is 10.2 Å². The molecule has 0 saturated heterocycles. The highest BCUT2D eigenvalue weighted by Crippen LogP contribution is 2.07. The van der Waals surface area contributed by atoms with Crippen molar-refractivity contribution >= 4 is 0 Å². The monoisotopic (exact) mass is 180 g/mol. The molecule has 0 fully saturated rings. The maximum Gasteiger partial charge on any atom is 0.0811 e. The molecule has 0 heterocycles. The van der Waals surface area contributed by atoms with Gasteiger partial charge in [-0.05, 0) is 17.5 Å². The summed E-state index contributed by atoms with van der Waals surface area (Å²) in [7, 11) is 0. The summed E-state index contributed by atoms with van der Waals surface area (Å²) in [5.74, 6) is 0. The van der Waals surface area contributed by atoms with Crippen molar-refractivity contribution in [3.63, 3.8) is 0 Å².